The molecule has 0 aliphatic carbocycles. The molecule has 5 heteroatoms. The minimum atomic E-state index is 0.647. The molecule has 1 N–H and O–H groups in total. The largest absolute Gasteiger partial charge is 0.495 e. The number of amides is 1. The van der Waals surface area contributed by atoms with E-state index < -0.39 is 0 Å². The molecule has 0 saturated heterocycles. The molecular formula is C12H11BrN2O2. The zero-order valence-electron chi connectivity index (χ0n) is 9.45. The van der Waals surface area contributed by atoms with Crippen molar-refractivity contribution >= 4 is 38.9 Å². The highest BCUT2D eigenvalue weighted by Gasteiger charge is 2.08. The monoisotopic (exact) mass is 294 g/mol. The quantitative estimate of drug-likeness (QED) is 0.886. The molecule has 4 nitrogen and oxygen atoms in total. The van der Waals surface area contributed by atoms with Crippen LogP contribution in [0.15, 0.2) is 22.8 Å². The van der Waals surface area contributed by atoms with E-state index in [0.717, 1.165) is 26.7 Å². The topological polar surface area (TPSA) is 51.2 Å². The van der Waals surface area contributed by atoms with Gasteiger partial charge in [0.15, 0.2) is 0 Å². The van der Waals surface area contributed by atoms with E-state index in [1.54, 1.807) is 13.3 Å². The molecule has 88 valence electrons. The number of benzene rings is 1. The number of carbonyl (C=O) groups excluding carboxylic acids is 1. The van der Waals surface area contributed by atoms with Crippen LogP contribution in [0.25, 0.3) is 10.9 Å². The maximum atomic E-state index is 10.5. The molecule has 17 heavy (non-hydrogen) atoms. The number of nitrogens with one attached hydrogen (secondary N) is 1. The number of hydrogen-bond acceptors (Lipinski definition) is 3. The van der Waals surface area contributed by atoms with E-state index in [4.69, 9.17) is 4.74 Å². The Morgan fingerprint density at radius 2 is 2.24 bits per heavy atom. The number of ether oxygens (including phenoxy) is 1. The molecule has 1 aromatic heterocycles. The zero-order chi connectivity index (χ0) is 12.4. The van der Waals surface area contributed by atoms with Gasteiger partial charge in [0.2, 0.25) is 6.41 Å². The lowest BCUT2D eigenvalue weighted by Gasteiger charge is -2.10. The predicted octanol–water partition coefficient (Wildman–Crippen LogP) is 2.88. The second-order valence-electron chi connectivity index (χ2n) is 3.56. The van der Waals surface area contributed by atoms with E-state index in [-0.39, 0.29) is 0 Å². The summed E-state index contributed by atoms with van der Waals surface area (Å²) in [5.74, 6) is 0.737. The molecule has 0 saturated carbocycles. The first-order valence-electron chi connectivity index (χ1n) is 5.00. The van der Waals surface area contributed by atoms with Crippen LogP contribution < -0.4 is 10.1 Å². The number of hydrogen-bond donors (Lipinski definition) is 1. The van der Waals surface area contributed by atoms with Gasteiger partial charge in [-0.3, -0.25) is 9.78 Å². The number of rotatable bonds is 3. The van der Waals surface area contributed by atoms with E-state index in [9.17, 15) is 4.79 Å². The highest BCUT2D eigenvalue weighted by atomic mass is 79.9. The fourth-order valence-corrected chi connectivity index (χ4v) is 2.20. The number of anilines is 1. The van der Waals surface area contributed by atoms with Crippen LogP contribution in [0.2, 0.25) is 0 Å². The van der Waals surface area contributed by atoms with Crippen molar-refractivity contribution in [3.63, 3.8) is 0 Å². The number of fused-ring (bicyclic) bond motifs is 1. The number of pyridine rings is 1. The van der Waals surface area contributed by atoms with Crippen LogP contribution in [0, 0.1) is 6.92 Å². The Labute approximate surface area is 107 Å². The summed E-state index contributed by atoms with van der Waals surface area (Å²) in [4.78, 5) is 14.7. The maximum absolute atomic E-state index is 10.5. The van der Waals surface area contributed by atoms with Crippen LogP contribution in [0.1, 0.15) is 5.56 Å². The minimum absolute atomic E-state index is 0.647. The standard InChI is InChI=1S/C12H11BrN2O2/c1-7-8-3-9(13)12(17-2)4-10(8)14-5-11(7)15-6-16/h3-6H,1-2H3,(H,15,16). The fourth-order valence-electron chi connectivity index (χ4n) is 1.69. The second kappa shape index (κ2) is 4.71. The summed E-state index contributed by atoms with van der Waals surface area (Å²) in [6.07, 6.45) is 2.29. The summed E-state index contributed by atoms with van der Waals surface area (Å²) in [6, 6.07) is 3.80. The Hall–Kier alpha value is -1.62. The van der Waals surface area contributed by atoms with E-state index in [1.165, 1.54) is 0 Å². The van der Waals surface area contributed by atoms with Crippen LogP contribution in [-0.2, 0) is 4.79 Å². The Bertz CT molecular complexity index is 584. The highest BCUT2D eigenvalue weighted by molar-refractivity contribution is 9.10. The van der Waals surface area contributed by atoms with Crippen molar-refractivity contribution in [2.24, 2.45) is 0 Å². The summed E-state index contributed by atoms with van der Waals surface area (Å²) < 4.78 is 6.07. The Balaban J connectivity index is 2.69. The van der Waals surface area contributed by atoms with Crippen molar-refractivity contribution in [1.29, 1.82) is 0 Å². The number of halogens is 1. The molecule has 2 aromatic rings. The van der Waals surface area contributed by atoms with Crippen LogP contribution in [0.3, 0.4) is 0 Å². The molecule has 0 unspecified atom stereocenters. The molecule has 0 radical (unpaired) electrons. The molecule has 0 atom stereocenters. The van der Waals surface area contributed by atoms with Crippen LogP contribution in [0.5, 0.6) is 5.75 Å². The van der Waals surface area contributed by atoms with Crippen LogP contribution in [0.4, 0.5) is 5.69 Å². The van der Waals surface area contributed by atoms with Gasteiger partial charge in [-0.05, 0) is 34.5 Å². The summed E-state index contributed by atoms with van der Waals surface area (Å²) in [7, 11) is 1.61. The minimum Gasteiger partial charge on any atom is -0.495 e. The molecule has 0 aliphatic rings. The SMILES string of the molecule is COc1cc2ncc(NC=O)c(C)c2cc1Br. The number of aromatic nitrogens is 1. The average Bonchev–Trinajstić information content (AvgIpc) is 2.33. The van der Waals surface area contributed by atoms with E-state index in [1.807, 2.05) is 19.1 Å². The second-order valence-corrected chi connectivity index (χ2v) is 4.42. The number of carbonyl (C=O) groups is 1. The van der Waals surface area contributed by atoms with Gasteiger partial charge in [-0.15, -0.1) is 0 Å². The molecule has 1 heterocycles. The Morgan fingerprint density at radius 3 is 2.88 bits per heavy atom. The van der Waals surface area contributed by atoms with Crippen molar-refractivity contribution < 1.29 is 9.53 Å². The highest BCUT2D eigenvalue weighted by Crippen LogP contribution is 2.32. The lowest BCUT2D eigenvalue weighted by atomic mass is 10.1. The van der Waals surface area contributed by atoms with Crippen LogP contribution in [-0.4, -0.2) is 18.5 Å². The fraction of sp³-hybridized carbons (Fsp3) is 0.167. The molecule has 0 fully saturated rings. The van der Waals surface area contributed by atoms with Crippen molar-refractivity contribution in [2.75, 3.05) is 12.4 Å². The summed E-state index contributed by atoms with van der Waals surface area (Å²) in [6.45, 7) is 1.94. The molecule has 1 aromatic carbocycles. The van der Waals surface area contributed by atoms with Gasteiger partial charge >= 0.3 is 0 Å². The number of aryl methyl sites for hydroxylation is 1. The van der Waals surface area contributed by atoms with Gasteiger partial charge in [0.05, 0.1) is 29.0 Å². The first kappa shape index (κ1) is 11.9. The molecule has 0 bridgehead atoms. The van der Waals surface area contributed by atoms with E-state index in [2.05, 4.69) is 26.2 Å². The van der Waals surface area contributed by atoms with Gasteiger partial charge in [-0.1, -0.05) is 0 Å². The van der Waals surface area contributed by atoms with Crippen molar-refractivity contribution in [2.45, 2.75) is 6.92 Å². The smallest absolute Gasteiger partial charge is 0.211 e. The number of nitrogens with zero attached hydrogens (tertiary/aromatic N) is 1. The molecule has 0 spiro atoms. The van der Waals surface area contributed by atoms with E-state index >= 15 is 0 Å². The normalized spacial score (nSPS) is 10.3. The molecular weight excluding hydrogens is 284 g/mol. The third kappa shape index (κ3) is 2.10. The lowest BCUT2D eigenvalue weighted by molar-refractivity contribution is -0.105. The van der Waals surface area contributed by atoms with Crippen molar-refractivity contribution in [3.05, 3.63) is 28.4 Å². The molecule has 0 aliphatic heterocycles. The predicted molar refractivity (Wildman–Crippen MR) is 70.4 cm³/mol. The third-order valence-electron chi connectivity index (χ3n) is 2.63. The van der Waals surface area contributed by atoms with Gasteiger partial charge in [-0.2, -0.15) is 0 Å². The summed E-state index contributed by atoms with van der Waals surface area (Å²) in [5.41, 5.74) is 2.52. The van der Waals surface area contributed by atoms with Crippen molar-refractivity contribution in [3.8, 4) is 5.75 Å². The van der Waals surface area contributed by atoms with Gasteiger partial charge < -0.3 is 10.1 Å². The third-order valence-corrected chi connectivity index (χ3v) is 3.25. The molecule has 2 rings (SSSR count). The molecule has 1 amide bonds. The van der Waals surface area contributed by atoms with E-state index in [0.29, 0.717) is 12.1 Å². The first-order chi connectivity index (χ1) is 8.17. The Kier molecular flexibility index (Phi) is 3.28. The maximum Gasteiger partial charge on any atom is 0.211 e. The van der Waals surface area contributed by atoms with Crippen molar-refractivity contribution in [1.82, 2.24) is 4.98 Å². The van der Waals surface area contributed by atoms with Crippen LogP contribution >= 0.6 is 15.9 Å². The van der Waals surface area contributed by atoms with Gasteiger partial charge in [0.1, 0.15) is 5.75 Å². The van der Waals surface area contributed by atoms with Gasteiger partial charge in [-0.25, -0.2) is 0 Å². The Morgan fingerprint density at radius 1 is 1.47 bits per heavy atom. The summed E-state index contributed by atoms with van der Waals surface area (Å²) >= 11 is 3.43. The summed E-state index contributed by atoms with van der Waals surface area (Å²) in [5, 5.41) is 3.60. The number of methoxy groups -OCH3 is 1. The zero-order valence-corrected chi connectivity index (χ0v) is 11.0. The lowest BCUT2D eigenvalue weighted by Crippen LogP contribution is -1.98. The average molecular weight is 295 g/mol. The van der Waals surface area contributed by atoms with Gasteiger partial charge in [0.25, 0.3) is 0 Å². The van der Waals surface area contributed by atoms with Gasteiger partial charge in [0, 0.05) is 11.5 Å². The first-order valence-corrected chi connectivity index (χ1v) is 5.79.